The summed E-state index contributed by atoms with van der Waals surface area (Å²) >= 11 is 0. The Balaban J connectivity index is 2.13. The van der Waals surface area contributed by atoms with E-state index in [-0.39, 0.29) is 5.84 Å². The van der Waals surface area contributed by atoms with Crippen LogP contribution in [-0.4, -0.2) is 32.6 Å². The lowest BCUT2D eigenvalue weighted by Crippen LogP contribution is -2.36. The van der Waals surface area contributed by atoms with Crippen LogP contribution < -0.4 is 10.6 Å². The van der Waals surface area contributed by atoms with E-state index >= 15 is 0 Å². The fraction of sp³-hybridized carbons (Fsp3) is 0.533. The summed E-state index contributed by atoms with van der Waals surface area (Å²) in [5, 5.41) is 7.73. The SMILES string of the molecule is COCC1CCN(c2ccc(C)cc2C(=N)N)CC1. The van der Waals surface area contributed by atoms with Crippen LogP contribution in [0.15, 0.2) is 18.2 Å². The molecule has 1 fully saturated rings. The number of benzene rings is 1. The summed E-state index contributed by atoms with van der Waals surface area (Å²) < 4.78 is 5.23. The van der Waals surface area contributed by atoms with Gasteiger partial charge in [-0.2, -0.15) is 0 Å². The summed E-state index contributed by atoms with van der Waals surface area (Å²) in [6, 6.07) is 6.17. The van der Waals surface area contributed by atoms with Crippen molar-refractivity contribution in [3.05, 3.63) is 29.3 Å². The molecule has 0 amide bonds. The second-order valence-electron chi connectivity index (χ2n) is 5.32. The van der Waals surface area contributed by atoms with E-state index in [1.165, 1.54) is 0 Å². The Labute approximate surface area is 115 Å². The number of nitrogens with zero attached hydrogens (tertiary/aromatic N) is 1. The third-order valence-electron chi connectivity index (χ3n) is 3.80. The number of hydrogen-bond donors (Lipinski definition) is 2. The van der Waals surface area contributed by atoms with Crippen LogP contribution in [0.2, 0.25) is 0 Å². The fourth-order valence-electron chi connectivity index (χ4n) is 2.72. The third kappa shape index (κ3) is 3.26. The Morgan fingerprint density at radius 2 is 2.11 bits per heavy atom. The number of aryl methyl sites for hydroxylation is 1. The van der Waals surface area contributed by atoms with Gasteiger partial charge in [0.15, 0.2) is 0 Å². The number of amidine groups is 1. The highest BCUT2D eigenvalue weighted by Gasteiger charge is 2.21. The molecule has 0 aliphatic carbocycles. The van der Waals surface area contributed by atoms with Gasteiger partial charge in [0.25, 0.3) is 0 Å². The van der Waals surface area contributed by atoms with Crippen molar-refractivity contribution in [3.8, 4) is 0 Å². The van der Waals surface area contributed by atoms with Crippen molar-refractivity contribution in [2.75, 3.05) is 31.7 Å². The summed E-state index contributed by atoms with van der Waals surface area (Å²) in [5.41, 5.74) is 8.79. The molecule has 0 bridgehead atoms. The predicted molar refractivity (Wildman–Crippen MR) is 79.0 cm³/mol. The molecule has 1 heterocycles. The largest absolute Gasteiger partial charge is 0.384 e. The number of nitrogens with two attached hydrogens (primary N) is 1. The lowest BCUT2D eigenvalue weighted by Gasteiger charge is -2.34. The van der Waals surface area contributed by atoms with Gasteiger partial charge in [0.2, 0.25) is 0 Å². The van der Waals surface area contributed by atoms with Crippen molar-refractivity contribution in [2.45, 2.75) is 19.8 Å². The Bertz CT molecular complexity index is 451. The normalized spacial score (nSPS) is 16.6. The van der Waals surface area contributed by atoms with Gasteiger partial charge < -0.3 is 15.4 Å². The van der Waals surface area contributed by atoms with Crippen LogP contribution >= 0.6 is 0 Å². The maximum atomic E-state index is 7.73. The average Bonchev–Trinajstić information content (AvgIpc) is 2.40. The van der Waals surface area contributed by atoms with Gasteiger partial charge in [0.05, 0.1) is 0 Å². The van der Waals surface area contributed by atoms with Gasteiger partial charge in [0, 0.05) is 38.1 Å². The van der Waals surface area contributed by atoms with Crippen molar-refractivity contribution in [1.29, 1.82) is 5.41 Å². The third-order valence-corrected chi connectivity index (χ3v) is 3.80. The molecule has 4 nitrogen and oxygen atoms in total. The Kier molecular flexibility index (Phi) is 4.43. The minimum atomic E-state index is 0.151. The number of hydrogen-bond acceptors (Lipinski definition) is 3. The van der Waals surface area contributed by atoms with E-state index in [0.29, 0.717) is 5.92 Å². The summed E-state index contributed by atoms with van der Waals surface area (Å²) in [6.45, 7) is 4.90. The first kappa shape index (κ1) is 13.9. The highest BCUT2D eigenvalue weighted by Crippen LogP contribution is 2.27. The number of methoxy groups -OCH3 is 1. The van der Waals surface area contributed by atoms with Crippen molar-refractivity contribution < 1.29 is 4.74 Å². The maximum Gasteiger partial charge on any atom is 0.124 e. The van der Waals surface area contributed by atoms with Crippen LogP contribution in [0.5, 0.6) is 0 Å². The lowest BCUT2D eigenvalue weighted by molar-refractivity contribution is 0.139. The van der Waals surface area contributed by atoms with E-state index in [2.05, 4.69) is 17.0 Å². The molecule has 1 aromatic carbocycles. The second-order valence-corrected chi connectivity index (χ2v) is 5.32. The van der Waals surface area contributed by atoms with E-state index in [4.69, 9.17) is 15.9 Å². The molecule has 104 valence electrons. The van der Waals surface area contributed by atoms with Crippen LogP contribution in [-0.2, 0) is 4.74 Å². The van der Waals surface area contributed by atoms with Gasteiger partial charge in [0.1, 0.15) is 5.84 Å². The second kappa shape index (κ2) is 6.06. The number of piperidine rings is 1. The smallest absolute Gasteiger partial charge is 0.124 e. The highest BCUT2D eigenvalue weighted by molar-refractivity contribution is 6.00. The minimum Gasteiger partial charge on any atom is -0.384 e. The highest BCUT2D eigenvalue weighted by atomic mass is 16.5. The number of ether oxygens (including phenoxy) is 1. The van der Waals surface area contributed by atoms with Gasteiger partial charge in [-0.25, -0.2) is 0 Å². The molecule has 1 aliphatic rings. The molecule has 19 heavy (non-hydrogen) atoms. The molecule has 0 saturated carbocycles. The van der Waals surface area contributed by atoms with Gasteiger partial charge in [-0.1, -0.05) is 11.6 Å². The molecular weight excluding hydrogens is 238 g/mol. The summed E-state index contributed by atoms with van der Waals surface area (Å²) in [4.78, 5) is 2.34. The number of rotatable bonds is 4. The monoisotopic (exact) mass is 261 g/mol. The zero-order valence-electron chi connectivity index (χ0n) is 11.8. The first-order valence-electron chi connectivity index (χ1n) is 6.80. The minimum absolute atomic E-state index is 0.151. The maximum absolute atomic E-state index is 7.73. The number of anilines is 1. The molecular formula is C15H23N3O. The van der Waals surface area contributed by atoms with Crippen molar-refractivity contribution >= 4 is 11.5 Å². The van der Waals surface area contributed by atoms with E-state index in [0.717, 1.165) is 49.4 Å². The van der Waals surface area contributed by atoms with Crippen molar-refractivity contribution in [3.63, 3.8) is 0 Å². The molecule has 1 aliphatic heterocycles. The molecule has 0 radical (unpaired) electrons. The van der Waals surface area contributed by atoms with Gasteiger partial charge in [-0.3, -0.25) is 5.41 Å². The molecule has 1 aromatic rings. The van der Waals surface area contributed by atoms with Crippen LogP contribution in [0, 0.1) is 18.3 Å². The van der Waals surface area contributed by atoms with Crippen LogP contribution in [0.1, 0.15) is 24.0 Å². The van der Waals surface area contributed by atoms with E-state index < -0.39 is 0 Å². The molecule has 0 atom stereocenters. The molecule has 0 aromatic heterocycles. The van der Waals surface area contributed by atoms with Crippen LogP contribution in [0.4, 0.5) is 5.69 Å². The fourth-order valence-corrected chi connectivity index (χ4v) is 2.72. The van der Waals surface area contributed by atoms with Crippen molar-refractivity contribution in [1.82, 2.24) is 0 Å². The molecule has 2 rings (SSSR count). The van der Waals surface area contributed by atoms with Gasteiger partial charge in [-0.15, -0.1) is 0 Å². The predicted octanol–water partition coefficient (Wildman–Crippen LogP) is 2.14. The van der Waals surface area contributed by atoms with Crippen LogP contribution in [0.3, 0.4) is 0 Å². The first-order valence-corrected chi connectivity index (χ1v) is 6.80. The standard InChI is InChI=1S/C15H23N3O/c1-11-3-4-14(13(9-11)15(16)17)18-7-5-12(6-8-18)10-19-2/h3-4,9,12H,5-8,10H2,1-2H3,(H3,16,17). The number of nitrogen functional groups attached to an aromatic ring is 1. The average molecular weight is 261 g/mol. The lowest BCUT2D eigenvalue weighted by atomic mass is 9.96. The van der Waals surface area contributed by atoms with E-state index in [9.17, 15) is 0 Å². The summed E-state index contributed by atoms with van der Waals surface area (Å²) in [6.07, 6.45) is 2.28. The van der Waals surface area contributed by atoms with E-state index in [1.54, 1.807) is 7.11 Å². The Morgan fingerprint density at radius 1 is 1.42 bits per heavy atom. The molecule has 4 heteroatoms. The van der Waals surface area contributed by atoms with Gasteiger partial charge in [-0.05, 0) is 37.8 Å². The van der Waals surface area contributed by atoms with Crippen LogP contribution in [0.25, 0.3) is 0 Å². The molecule has 3 N–H and O–H groups in total. The summed E-state index contributed by atoms with van der Waals surface area (Å²) in [5.74, 6) is 0.810. The van der Waals surface area contributed by atoms with Crippen molar-refractivity contribution in [2.24, 2.45) is 11.7 Å². The zero-order valence-corrected chi connectivity index (χ0v) is 11.8. The number of nitrogens with one attached hydrogen (secondary N) is 1. The molecule has 0 unspecified atom stereocenters. The van der Waals surface area contributed by atoms with E-state index in [1.807, 2.05) is 13.0 Å². The first-order chi connectivity index (χ1) is 9.11. The molecule has 0 spiro atoms. The zero-order chi connectivity index (χ0) is 13.8. The molecule has 1 saturated heterocycles. The van der Waals surface area contributed by atoms with Gasteiger partial charge >= 0.3 is 0 Å². The summed E-state index contributed by atoms with van der Waals surface area (Å²) in [7, 11) is 1.76. The topological polar surface area (TPSA) is 62.3 Å². The Hall–Kier alpha value is -1.55. The quantitative estimate of drug-likeness (QED) is 0.645. The Morgan fingerprint density at radius 3 is 2.68 bits per heavy atom.